The van der Waals surface area contributed by atoms with Gasteiger partial charge in [0.05, 0.1) is 37.0 Å². The standard InChI is InChI=1S/C22H37NO4/c1-22(2,3)16-12-10-15(11-13-16)8-6-4-5-7-9-18(25)19-21(27)20(26)17(14-24)23-19/h10-13,17-21,23-27H,4-9,14H2,1-3H3/t17-,18-,19-,20-,21-/m0/s1. The molecule has 5 N–H and O–H groups in total. The van der Waals surface area contributed by atoms with Gasteiger partial charge in [0.1, 0.15) is 0 Å². The molecule has 0 amide bonds. The minimum atomic E-state index is -1.03. The molecule has 0 bridgehead atoms. The summed E-state index contributed by atoms with van der Waals surface area (Å²) in [5, 5.41) is 42.1. The van der Waals surface area contributed by atoms with Crippen LogP contribution < -0.4 is 5.32 Å². The molecule has 1 aliphatic heterocycles. The van der Waals surface area contributed by atoms with Crippen LogP contribution in [-0.2, 0) is 11.8 Å². The molecule has 2 rings (SSSR count). The first-order valence-corrected chi connectivity index (χ1v) is 10.2. The van der Waals surface area contributed by atoms with Gasteiger partial charge < -0.3 is 25.7 Å². The molecular weight excluding hydrogens is 342 g/mol. The molecule has 1 aromatic rings. The van der Waals surface area contributed by atoms with Crippen LogP contribution >= 0.6 is 0 Å². The zero-order valence-corrected chi connectivity index (χ0v) is 16.9. The topological polar surface area (TPSA) is 93.0 Å². The first-order chi connectivity index (χ1) is 12.7. The van der Waals surface area contributed by atoms with Crippen LogP contribution in [0.5, 0.6) is 0 Å². The van der Waals surface area contributed by atoms with Crippen molar-refractivity contribution in [3.63, 3.8) is 0 Å². The molecule has 1 aromatic carbocycles. The lowest BCUT2D eigenvalue weighted by Crippen LogP contribution is -2.44. The SMILES string of the molecule is CC(C)(C)c1ccc(CCCCCC[C@H](O)[C@@H]2N[C@@H](CO)[C@H](O)[C@H]2O)cc1. The van der Waals surface area contributed by atoms with Gasteiger partial charge >= 0.3 is 0 Å². The second kappa shape index (κ2) is 9.99. The first kappa shape index (κ1) is 22.3. The number of aliphatic hydroxyl groups is 4. The summed E-state index contributed by atoms with van der Waals surface area (Å²) in [6.45, 7) is 6.42. The first-order valence-electron chi connectivity index (χ1n) is 10.2. The van der Waals surface area contributed by atoms with Crippen molar-refractivity contribution in [3.8, 4) is 0 Å². The van der Waals surface area contributed by atoms with Crippen molar-refractivity contribution in [2.45, 2.75) is 95.1 Å². The zero-order chi connectivity index (χ0) is 20.0. The van der Waals surface area contributed by atoms with Crippen molar-refractivity contribution in [1.29, 1.82) is 0 Å². The van der Waals surface area contributed by atoms with Crippen LogP contribution in [-0.4, -0.2) is 57.4 Å². The van der Waals surface area contributed by atoms with E-state index in [0.29, 0.717) is 6.42 Å². The minimum Gasteiger partial charge on any atom is -0.395 e. The monoisotopic (exact) mass is 379 g/mol. The van der Waals surface area contributed by atoms with Gasteiger partial charge in [0.2, 0.25) is 0 Å². The average Bonchev–Trinajstić information content (AvgIpc) is 2.92. The fourth-order valence-electron chi connectivity index (χ4n) is 3.78. The molecule has 1 heterocycles. The molecular formula is C22H37NO4. The molecule has 1 saturated heterocycles. The summed E-state index contributed by atoms with van der Waals surface area (Å²) >= 11 is 0. The van der Waals surface area contributed by atoms with E-state index in [1.165, 1.54) is 11.1 Å². The highest BCUT2D eigenvalue weighted by Gasteiger charge is 2.43. The van der Waals surface area contributed by atoms with E-state index in [4.69, 9.17) is 5.11 Å². The Labute approximate surface area is 163 Å². The van der Waals surface area contributed by atoms with E-state index in [-0.39, 0.29) is 12.0 Å². The highest BCUT2D eigenvalue weighted by Crippen LogP contribution is 2.23. The second-order valence-electron chi connectivity index (χ2n) is 8.93. The summed E-state index contributed by atoms with van der Waals surface area (Å²) in [6, 6.07) is 7.75. The van der Waals surface area contributed by atoms with Gasteiger partial charge in [0.15, 0.2) is 0 Å². The maximum Gasteiger partial charge on any atom is 0.0993 e. The summed E-state index contributed by atoms with van der Waals surface area (Å²) < 4.78 is 0. The summed E-state index contributed by atoms with van der Waals surface area (Å²) in [5.41, 5.74) is 2.91. The minimum absolute atomic E-state index is 0.189. The number of hydrogen-bond donors (Lipinski definition) is 5. The Morgan fingerprint density at radius 3 is 2.15 bits per heavy atom. The summed E-state index contributed by atoms with van der Waals surface area (Å²) in [4.78, 5) is 0. The van der Waals surface area contributed by atoms with E-state index in [0.717, 1.165) is 32.1 Å². The van der Waals surface area contributed by atoms with Crippen molar-refractivity contribution >= 4 is 0 Å². The van der Waals surface area contributed by atoms with Crippen LogP contribution in [0.3, 0.4) is 0 Å². The van der Waals surface area contributed by atoms with Crippen molar-refractivity contribution < 1.29 is 20.4 Å². The second-order valence-corrected chi connectivity index (χ2v) is 8.93. The van der Waals surface area contributed by atoms with Gasteiger partial charge in [-0.1, -0.05) is 64.3 Å². The fourth-order valence-corrected chi connectivity index (χ4v) is 3.78. The quantitative estimate of drug-likeness (QED) is 0.423. The van der Waals surface area contributed by atoms with Gasteiger partial charge in [-0.15, -0.1) is 0 Å². The van der Waals surface area contributed by atoms with Gasteiger partial charge in [-0.25, -0.2) is 0 Å². The van der Waals surface area contributed by atoms with E-state index >= 15 is 0 Å². The Morgan fingerprint density at radius 2 is 1.59 bits per heavy atom. The summed E-state index contributed by atoms with van der Waals surface area (Å²) in [7, 11) is 0. The van der Waals surface area contributed by atoms with E-state index in [1.54, 1.807) is 0 Å². The molecule has 0 radical (unpaired) electrons. The lowest BCUT2D eigenvalue weighted by atomic mass is 9.86. The van der Waals surface area contributed by atoms with Crippen LogP contribution in [0, 0.1) is 0 Å². The maximum absolute atomic E-state index is 10.3. The van der Waals surface area contributed by atoms with Gasteiger partial charge in [-0.3, -0.25) is 0 Å². The molecule has 1 aliphatic rings. The third-order valence-corrected chi connectivity index (χ3v) is 5.68. The maximum atomic E-state index is 10.3. The third-order valence-electron chi connectivity index (χ3n) is 5.68. The lowest BCUT2D eigenvalue weighted by Gasteiger charge is -2.22. The number of unbranched alkanes of at least 4 members (excludes halogenated alkanes) is 3. The molecule has 5 atom stereocenters. The number of hydrogen-bond acceptors (Lipinski definition) is 5. The highest BCUT2D eigenvalue weighted by molar-refractivity contribution is 5.27. The van der Waals surface area contributed by atoms with Crippen LogP contribution in [0.2, 0.25) is 0 Å². The van der Waals surface area contributed by atoms with Crippen molar-refractivity contribution in [2.75, 3.05) is 6.61 Å². The van der Waals surface area contributed by atoms with Gasteiger partial charge in [0.25, 0.3) is 0 Å². The molecule has 5 nitrogen and oxygen atoms in total. The lowest BCUT2D eigenvalue weighted by molar-refractivity contribution is -0.00443. The molecule has 0 aromatic heterocycles. The predicted octanol–water partition coefficient (Wildman–Crippen LogP) is 1.89. The number of nitrogens with one attached hydrogen (secondary N) is 1. The van der Waals surface area contributed by atoms with Crippen molar-refractivity contribution in [1.82, 2.24) is 5.32 Å². The van der Waals surface area contributed by atoms with E-state index in [2.05, 4.69) is 50.4 Å². The van der Waals surface area contributed by atoms with Crippen molar-refractivity contribution in [2.24, 2.45) is 0 Å². The Hall–Kier alpha value is -0.980. The number of rotatable bonds is 9. The Kier molecular flexibility index (Phi) is 8.25. The molecule has 5 heteroatoms. The molecule has 154 valence electrons. The predicted molar refractivity (Wildman–Crippen MR) is 108 cm³/mol. The van der Waals surface area contributed by atoms with Crippen LogP contribution in [0.25, 0.3) is 0 Å². The highest BCUT2D eigenvalue weighted by atomic mass is 16.3. The normalized spacial score (nSPS) is 27.1. The summed E-state index contributed by atoms with van der Waals surface area (Å²) in [6.07, 6.45) is 3.03. The Bertz CT molecular complexity index is 554. The number of aliphatic hydroxyl groups excluding tert-OH is 4. The van der Waals surface area contributed by atoms with Gasteiger partial charge in [-0.2, -0.15) is 0 Å². The Morgan fingerprint density at radius 1 is 0.963 bits per heavy atom. The van der Waals surface area contributed by atoms with E-state index in [1.807, 2.05) is 0 Å². The van der Waals surface area contributed by atoms with Crippen molar-refractivity contribution in [3.05, 3.63) is 35.4 Å². The molecule has 27 heavy (non-hydrogen) atoms. The van der Waals surface area contributed by atoms with Crippen LogP contribution in [0.1, 0.15) is 64.0 Å². The number of aryl methyl sites for hydroxylation is 1. The molecule has 0 saturated carbocycles. The van der Waals surface area contributed by atoms with Gasteiger partial charge in [-0.05, 0) is 35.8 Å². The summed E-state index contributed by atoms with van der Waals surface area (Å²) in [5.74, 6) is 0. The van der Waals surface area contributed by atoms with E-state index < -0.39 is 30.4 Å². The van der Waals surface area contributed by atoms with Crippen LogP contribution in [0.15, 0.2) is 24.3 Å². The smallest absolute Gasteiger partial charge is 0.0993 e. The van der Waals surface area contributed by atoms with Gasteiger partial charge in [0, 0.05) is 0 Å². The zero-order valence-electron chi connectivity index (χ0n) is 16.9. The molecule has 0 unspecified atom stereocenters. The molecule has 1 fully saturated rings. The van der Waals surface area contributed by atoms with Crippen LogP contribution in [0.4, 0.5) is 0 Å². The third kappa shape index (κ3) is 6.26. The fraction of sp³-hybridized carbons (Fsp3) is 0.727. The molecule has 0 spiro atoms. The Balaban J connectivity index is 1.62. The largest absolute Gasteiger partial charge is 0.395 e. The van der Waals surface area contributed by atoms with E-state index in [9.17, 15) is 15.3 Å². The number of benzene rings is 1. The average molecular weight is 380 g/mol. The molecule has 0 aliphatic carbocycles.